The number of phenolic OH excluding ortho intramolecular Hbond substituents is 1. The normalized spacial score (nSPS) is 19.2. The molecule has 3 aromatic rings. The molecule has 1 saturated carbocycles. The molecule has 1 saturated heterocycles. The van der Waals surface area contributed by atoms with E-state index in [9.17, 15) is 14.7 Å². The molecule has 4 N–H and O–H groups in total. The van der Waals surface area contributed by atoms with Gasteiger partial charge < -0.3 is 20.7 Å². The fourth-order valence-corrected chi connectivity index (χ4v) is 6.42. The Morgan fingerprint density at radius 2 is 1.98 bits per heavy atom. The third-order valence-corrected chi connectivity index (χ3v) is 9.12. The van der Waals surface area contributed by atoms with E-state index in [2.05, 4.69) is 27.8 Å². The number of fused-ring (bicyclic) bond motifs is 1. The summed E-state index contributed by atoms with van der Waals surface area (Å²) in [6, 6.07) is 9.56. The monoisotopic (exact) mass is 540 g/mol. The number of aromatic hydroxyl groups is 1. The minimum atomic E-state index is -0.445. The number of amides is 1. The lowest BCUT2D eigenvalue weighted by Crippen LogP contribution is -2.37. The molecule has 7 heteroatoms. The number of benzene rings is 1. The lowest BCUT2D eigenvalue weighted by Gasteiger charge is -2.27. The molecule has 1 amide bonds. The largest absolute Gasteiger partial charge is 0.507 e. The second-order valence-corrected chi connectivity index (χ2v) is 11.8. The van der Waals surface area contributed by atoms with Crippen LogP contribution in [-0.2, 0) is 0 Å². The number of hydrogen-bond donors (Lipinski definition) is 4. The van der Waals surface area contributed by atoms with E-state index < -0.39 is 5.56 Å². The number of piperidine rings is 1. The average Bonchev–Trinajstić information content (AvgIpc) is 3.78. The summed E-state index contributed by atoms with van der Waals surface area (Å²) in [6.07, 6.45) is 9.59. The highest BCUT2D eigenvalue weighted by molar-refractivity contribution is 5.98. The Morgan fingerprint density at radius 1 is 1.15 bits per heavy atom. The predicted octanol–water partition coefficient (Wildman–Crippen LogP) is 6.03. The van der Waals surface area contributed by atoms with Gasteiger partial charge in [0.2, 0.25) is 0 Å². The van der Waals surface area contributed by atoms with Crippen LogP contribution >= 0.6 is 0 Å². The highest BCUT2D eigenvalue weighted by Gasteiger charge is 2.30. The summed E-state index contributed by atoms with van der Waals surface area (Å²) < 4.78 is 0. The molecule has 7 nitrogen and oxygen atoms in total. The molecule has 1 unspecified atom stereocenters. The molecule has 2 fully saturated rings. The van der Waals surface area contributed by atoms with Crippen molar-refractivity contribution in [3.63, 3.8) is 0 Å². The fraction of sp³-hybridized carbons (Fsp3) is 0.485. The summed E-state index contributed by atoms with van der Waals surface area (Å²) in [7, 11) is 0. The zero-order valence-electron chi connectivity index (χ0n) is 23.6. The zero-order valence-corrected chi connectivity index (χ0v) is 23.6. The molecule has 3 aliphatic rings. The number of carbonyl (C=O) groups is 1. The quantitative estimate of drug-likeness (QED) is 0.265. The van der Waals surface area contributed by atoms with Crippen molar-refractivity contribution in [1.82, 2.24) is 20.6 Å². The maximum Gasteiger partial charge on any atom is 0.262 e. The van der Waals surface area contributed by atoms with Gasteiger partial charge in [0.05, 0.1) is 5.69 Å². The van der Waals surface area contributed by atoms with Gasteiger partial charge in [0.25, 0.3) is 11.5 Å². The molecule has 1 atom stereocenters. The van der Waals surface area contributed by atoms with Gasteiger partial charge in [-0.2, -0.15) is 0 Å². The Labute approximate surface area is 235 Å². The molecular formula is C33H40N4O3. The number of allylic oxidation sites excluding steroid dienone is 2. The first-order valence-corrected chi connectivity index (χ1v) is 15.1. The van der Waals surface area contributed by atoms with E-state index >= 15 is 0 Å². The van der Waals surface area contributed by atoms with E-state index in [0.29, 0.717) is 11.3 Å². The summed E-state index contributed by atoms with van der Waals surface area (Å²) >= 11 is 0. The van der Waals surface area contributed by atoms with Crippen molar-refractivity contribution in [2.75, 3.05) is 13.1 Å². The van der Waals surface area contributed by atoms with Crippen molar-refractivity contribution in [3.05, 3.63) is 62.9 Å². The number of nitrogens with one attached hydrogen (secondary N) is 3. The van der Waals surface area contributed by atoms with E-state index in [1.807, 2.05) is 19.9 Å². The van der Waals surface area contributed by atoms with Gasteiger partial charge in [-0.05, 0) is 111 Å². The van der Waals surface area contributed by atoms with Gasteiger partial charge in [0.1, 0.15) is 17.0 Å². The zero-order chi connectivity index (χ0) is 27.8. The molecule has 0 bridgehead atoms. The number of carbonyl (C=O) groups excluding carboxylic acids is 1. The number of H-pyrrole nitrogens is 1. The van der Waals surface area contributed by atoms with Crippen molar-refractivity contribution in [2.45, 2.75) is 83.6 Å². The third-order valence-electron chi connectivity index (χ3n) is 9.12. The van der Waals surface area contributed by atoms with Crippen LogP contribution in [0.1, 0.15) is 99.0 Å². The number of rotatable bonds is 9. The van der Waals surface area contributed by atoms with Crippen molar-refractivity contribution in [3.8, 4) is 17.0 Å². The number of pyridine rings is 2. The molecule has 0 spiro atoms. The molecule has 2 aromatic heterocycles. The Hall–Kier alpha value is -3.45. The van der Waals surface area contributed by atoms with E-state index in [1.54, 1.807) is 12.1 Å². The van der Waals surface area contributed by atoms with Crippen molar-refractivity contribution in [1.29, 1.82) is 0 Å². The molecule has 3 heterocycles. The summed E-state index contributed by atoms with van der Waals surface area (Å²) in [5, 5.41) is 18.5. The lowest BCUT2D eigenvalue weighted by molar-refractivity contribution is 0.0933. The first-order chi connectivity index (χ1) is 19.5. The maximum absolute atomic E-state index is 13.2. The molecule has 0 radical (unpaired) electrons. The van der Waals surface area contributed by atoms with Crippen molar-refractivity contribution in [2.24, 2.45) is 5.92 Å². The number of aromatic amines is 1. The maximum atomic E-state index is 13.2. The van der Waals surface area contributed by atoms with Crippen molar-refractivity contribution >= 4 is 22.5 Å². The van der Waals surface area contributed by atoms with Gasteiger partial charge in [0.15, 0.2) is 0 Å². The van der Waals surface area contributed by atoms with Gasteiger partial charge in [-0.15, -0.1) is 0 Å². The van der Waals surface area contributed by atoms with E-state index in [1.165, 1.54) is 24.0 Å². The Bertz CT molecular complexity index is 1520. The van der Waals surface area contributed by atoms with Crippen LogP contribution in [0.4, 0.5) is 0 Å². The molecule has 6 rings (SSSR count). The van der Waals surface area contributed by atoms with E-state index in [-0.39, 0.29) is 29.2 Å². The van der Waals surface area contributed by atoms with Crippen LogP contribution in [0.3, 0.4) is 0 Å². The molecule has 2 aliphatic carbocycles. The van der Waals surface area contributed by atoms with Crippen molar-refractivity contribution < 1.29 is 9.90 Å². The van der Waals surface area contributed by atoms with Gasteiger partial charge in [0, 0.05) is 23.5 Å². The first-order valence-electron chi connectivity index (χ1n) is 15.1. The highest BCUT2D eigenvalue weighted by atomic mass is 16.3. The summed E-state index contributed by atoms with van der Waals surface area (Å²) in [6.45, 7) is 5.85. The van der Waals surface area contributed by atoms with Crippen LogP contribution in [0.5, 0.6) is 5.75 Å². The van der Waals surface area contributed by atoms with Crippen LogP contribution < -0.4 is 16.2 Å². The number of aromatic nitrogens is 2. The second kappa shape index (κ2) is 11.2. The SMILES string of the molecule is CCC(CC)NC(=O)c1cc2c(C3CCCNC3)cc(-c3c(O)cccc3C3=C(CC4CC4)CC3)nc2[nH]c1=O. The van der Waals surface area contributed by atoms with Gasteiger partial charge >= 0.3 is 0 Å². The molecule has 40 heavy (non-hydrogen) atoms. The highest BCUT2D eigenvalue weighted by Crippen LogP contribution is 2.48. The van der Waals surface area contributed by atoms with Gasteiger partial charge in [-0.25, -0.2) is 4.98 Å². The topological polar surface area (TPSA) is 107 Å². The lowest BCUT2D eigenvalue weighted by atomic mass is 9.78. The molecule has 1 aliphatic heterocycles. The summed E-state index contributed by atoms with van der Waals surface area (Å²) in [4.78, 5) is 34.2. The van der Waals surface area contributed by atoms with Crippen LogP contribution in [-0.4, -0.2) is 40.1 Å². The van der Waals surface area contributed by atoms with Crippen LogP contribution in [0.2, 0.25) is 0 Å². The number of phenols is 1. The van der Waals surface area contributed by atoms with Crippen LogP contribution in [0.15, 0.2) is 40.7 Å². The molecule has 1 aromatic carbocycles. The minimum absolute atomic E-state index is 0.0233. The molecular weight excluding hydrogens is 500 g/mol. The predicted molar refractivity (Wildman–Crippen MR) is 160 cm³/mol. The Balaban J connectivity index is 1.49. The van der Waals surface area contributed by atoms with Gasteiger partial charge in [-0.3, -0.25) is 9.59 Å². The minimum Gasteiger partial charge on any atom is -0.507 e. The third kappa shape index (κ3) is 5.19. The smallest absolute Gasteiger partial charge is 0.262 e. The van der Waals surface area contributed by atoms with Gasteiger partial charge in [-0.1, -0.05) is 31.6 Å². The number of hydrogen-bond acceptors (Lipinski definition) is 5. The number of nitrogens with zero attached hydrogens (tertiary/aromatic N) is 1. The summed E-state index contributed by atoms with van der Waals surface area (Å²) in [5.41, 5.74) is 6.46. The fourth-order valence-electron chi connectivity index (χ4n) is 6.42. The Morgan fingerprint density at radius 3 is 2.65 bits per heavy atom. The van der Waals surface area contributed by atoms with E-state index in [0.717, 1.165) is 86.0 Å². The Kier molecular flexibility index (Phi) is 7.49. The first kappa shape index (κ1) is 26.8. The summed E-state index contributed by atoms with van der Waals surface area (Å²) in [5.74, 6) is 0.876. The molecule has 210 valence electrons. The van der Waals surface area contributed by atoms with Crippen LogP contribution in [0, 0.1) is 5.92 Å². The second-order valence-electron chi connectivity index (χ2n) is 11.8. The van der Waals surface area contributed by atoms with Crippen LogP contribution in [0.25, 0.3) is 27.9 Å². The van der Waals surface area contributed by atoms with E-state index in [4.69, 9.17) is 4.98 Å². The average molecular weight is 541 g/mol. The standard InChI is InChI=1S/C33H40N4O3/c1-3-22(4-2)35-32(39)27-16-26-25(21-7-6-14-34-18-21)17-28(36-31(26)37-33(27)40)30-24(8-5-9-29(30)38)23-13-12-20(23)15-19-10-11-19/h5,8-9,16-17,19,21-22,34,38H,3-4,6-7,10-15,18H2,1-2H3,(H,35,39)(H,36,37,40).